The Labute approximate surface area is 216 Å². The van der Waals surface area contributed by atoms with Crippen LogP contribution in [0.5, 0.6) is 0 Å². The third-order valence-corrected chi connectivity index (χ3v) is 7.80. The van der Waals surface area contributed by atoms with Gasteiger partial charge in [0.05, 0.1) is 33.9 Å². The van der Waals surface area contributed by atoms with Gasteiger partial charge in [-0.05, 0) is 69.7 Å². The van der Waals surface area contributed by atoms with E-state index in [2.05, 4.69) is 64.3 Å². The van der Waals surface area contributed by atoms with E-state index in [1.165, 1.54) is 5.56 Å². The summed E-state index contributed by atoms with van der Waals surface area (Å²) in [4.78, 5) is 4.91. The molecule has 1 aliphatic heterocycles. The molecule has 2 aromatic carbocycles. The molecule has 0 spiro atoms. The molecule has 37 heavy (non-hydrogen) atoms. The number of pyridine rings is 1. The highest BCUT2D eigenvalue weighted by Gasteiger charge is 2.31. The maximum Gasteiger partial charge on any atom is 0.141 e. The number of hydrogen-bond donors (Lipinski definition) is 1. The maximum absolute atomic E-state index is 10.9. The molecule has 1 fully saturated rings. The molecule has 0 bridgehead atoms. The molecule has 1 unspecified atom stereocenters. The summed E-state index contributed by atoms with van der Waals surface area (Å²) in [7, 11) is 0. The maximum atomic E-state index is 10.9. The molecule has 1 aliphatic rings. The van der Waals surface area contributed by atoms with Gasteiger partial charge >= 0.3 is 0 Å². The van der Waals surface area contributed by atoms with E-state index in [0.717, 1.165) is 76.1 Å². The summed E-state index contributed by atoms with van der Waals surface area (Å²) in [6.45, 7) is 9.10. The largest absolute Gasteiger partial charge is 0.386 e. The SMILES string of the molecule is Cc1noc(C)c1-c1ccc2c3ncc(C(C)(C)O)cc3n(C(c3ccccc3)C3CCOCC3)c2c1. The summed E-state index contributed by atoms with van der Waals surface area (Å²) in [5.41, 5.74) is 7.16. The molecule has 0 saturated carbocycles. The van der Waals surface area contributed by atoms with Gasteiger partial charge in [0.25, 0.3) is 0 Å². The van der Waals surface area contributed by atoms with E-state index >= 15 is 0 Å². The van der Waals surface area contributed by atoms with E-state index in [4.69, 9.17) is 14.2 Å². The Hall–Kier alpha value is -3.48. The summed E-state index contributed by atoms with van der Waals surface area (Å²) in [5.74, 6) is 1.22. The molecule has 0 amide bonds. The molecule has 6 nitrogen and oxygen atoms in total. The molecular formula is C31H33N3O3. The highest BCUT2D eigenvalue weighted by molar-refractivity contribution is 6.07. The molecule has 3 aromatic heterocycles. The van der Waals surface area contributed by atoms with Gasteiger partial charge in [-0.25, -0.2) is 0 Å². The Balaban J connectivity index is 1.69. The quantitative estimate of drug-likeness (QED) is 0.294. The summed E-state index contributed by atoms with van der Waals surface area (Å²) in [6.07, 6.45) is 3.78. The lowest BCUT2D eigenvalue weighted by molar-refractivity contribution is 0.0552. The van der Waals surface area contributed by atoms with Crippen molar-refractivity contribution in [3.8, 4) is 11.1 Å². The van der Waals surface area contributed by atoms with Crippen molar-refractivity contribution in [2.75, 3.05) is 13.2 Å². The molecular weight excluding hydrogens is 462 g/mol. The highest BCUT2D eigenvalue weighted by atomic mass is 16.5. The molecule has 1 N–H and O–H groups in total. The molecule has 5 aromatic rings. The first kappa shape index (κ1) is 23.9. The van der Waals surface area contributed by atoms with Gasteiger partial charge in [0, 0.05) is 35.9 Å². The Morgan fingerprint density at radius 3 is 2.43 bits per heavy atom. The van der Waals surface area contributed by atoms with Crippen molar-refractivity contribution in [2.45, 2.75) is 52.2 Å². The van der Waals surface area contributed by atoms with Crippen LogP contribution >= 0.6 is 0 Å². The fourth-order valence-corrected chi connectivity index (χ4v) is 5.90. The van der Waals surface area contributed by atoms with Gasteiger partial charge < -0.3 is 18.9 Å². The minimum atomic E-state index is -0.995. The Kier molecular flexibility index (Phi) is 5.89. The van der Waals surface area contributed by atoms with Crippen LogP contribution in [0.15, 0.2) is 65.3 Å². The van der Waals surface area contributed by atoms with Gasteiger partial charge in [0.1, 0.15) is 5.76 Å². The van der Waals surface area contributed by atoms with Gasteiger partial charge in [-0.1, -0.05) is 47.6 Å². The molecule has 1 atom stereocenters. The van der Waals surface area contributed by atoms with Crippen LogP contribution in [-0.4, -0.2) is 33.0 Å². The molecule has 1 saturated heterocycles. The molecule has 6 heteroatoms. The number of benzene rings is 2. The number of fused-ring (bicyclic) bond motifs is 3. The van der Waals surface area contributed by atoms with Crippen molar-refractivity contribution in [1.29, 1.82) is 0 Å². The van der Waals surface area contributed by atoms with Crippen molar-refractivity contribution < 1.29 is 14.4 Å². The number of aryl methyl sites for hydroxylation is 2. The number of rotatable bonds is 5. The first-order valence-corrected chi connectivity index (χ1v) is 13.1. The monoisotopic (exact) mass is 495 g/mol. The van der Waals surface area contributed by atoms with Crippen molar-refractivity contribution in [3.05, 3.63) is 83.4 Å². The van der Waals surface area contributed by atoms with Crippen LogP contribution in [0.25, 0.3) is 33.1 Å². The standard InChI is InChI=1S/C31H33N3O3/c1-19-28(20(2)37-33-19)23-10-11-25-26(16-23)34(27-17-24(31(3,4)35)18-32-29(25)27)30(21-8-6-5-7-9-21)22-12-14-36-15-13-22/h5-11,16-18,22,30,35H,12-15H2,1-4H3. The van der Waals surface area contributed by atoms with Gasteiger partial charge in [0.2, 0.25) is 0 Å². The highest BCUT2D eigenvalue weighted by Crippen LogP contribution is 2.42. The Bertz CT molecular complexity index is 1550. The summed E-state index contributed by atoms with van der Waals surface area (Å²) < 4.78 is 13.7. The number of aromatic nitrogens is 3. The minimum absolute atomic E-state index is 0.101. The fourth-order valence-electron chi connectivity index (χ4n) is 5.90. The lowest BCUT2D eigenvalue weighted by atomic mass is 9.86. The van der Waals surface area contributed by atoms with E-state index in [1.54, 1.807) is 6.20 Å². The van der Waals surface area contributed by atoms with Crippen LogP contribution in [0, 0.1) is 19.8 Å². The van der Waals surface area contributed by atoms with Crippen LogP contribution in [0.2, 0.25) is 0 Å². The number of aliphatic hydroxyl groups is 1. The predicted octanol–water partition coefficient (Wildman–Crippen LogP) is 6.70. The summed E-state index contributed by atoms with van der Waals surface area (Å²) in [6, 6.07) is 19.5. The lowest BCUT2D eigenvalue weighted by Crippen LogP contribution is -2.27. The van der Waals surface area contributed by atoms with Crippen molar-refractivity contribution in [1.82, 2.24) is 14.7 Å². The normalized spacial score (nSPS) is 16.0. The predicted molar refractivity (Wildman–Crippen MR) is 146 cm³/mol. The molecule has 0 aliphatic carbocycles. The fraction of sp³-hybridized carbons (Fsp3) is 0.355. The second-order valence-corrected chi connectivity index (χ2v) is 10.8. The molecule has 190 valence electrons. The minimum Gasteiger partial charge on any atom is -0.386 e. The third-order valence-electron chi connectivity index (χ3n) is 7.80. The second-order valence-electron chi connectivity index (χ2n) is 10.8. The Morgan fingerprint density at radius 1 is 1.00 bits per heavy atom. The molecule has 4 heterocycles. The number of nitrogens with zero attached hydrogens (tertiary/aromatic N) is 3. The van der Waals surface area contributed by atoms with Crippen molar-refractivity contribution in [2.24, 2.45) is 5.92 Å². The van der Waals surface area contributed by atoms with E-state index < -0.39 is 5.60 Å². The Morgan fingerprint density at radius 2 is 1.76 bits per heavy atom. The van der Waals surface area contributed by atoms with Gasteiger partial charge in [-0.3, -0.25) is 4.98 Å². The van der Waals surface area contributed by atoms with E-state index in [1.807, 2.05) is 27.7 Å². The van der Waals surface area contributed by atoms with Crippen molar-refractivity contribution >= 4 is 21.9 Å². The van der Waals surface area contributed by atoms with Crippen LogP contribution in [0.1, 0.15) is 55.3 Å². The first-order chi connectivity index (χ1) is 17.8. The molecule has 6 rings (SSSR count). The van der Waals surface area contributed by atoms with Crippen LogP contribution in [-0.2, 0) is 10.3 Å². The zero-order valence-corrected chi connectivity index (χ0v) is 21.9. The third kappa shape index (κ3) is 4.14. The summed E-state index contributed by atoms with van der Waals surface area (Å²) >= 11 is 0. The second kappa shape index (κ2) is 9.12. The first-order valence-electron chi connectivity index (χ1n) is 13.1. The van der Waals surface area contributed by atoms with Crippen LogP contribution in [0.4, 0.5) is 0 Å². The summed E-state index contributed by atoms with van der Waals surface area (Å²) in [5, 5.41) is 16.2. The molecule has 0 radical (unpaired) electrons. The zero-order chi connectivity index (χ0) is 25.7. The average Bonchev–Trinajstić information content (AvgIpc) is 3.40. The zero-order valence-electron chi connectivity index (χ0n) is 21.9. The van der Waals surface area contributed by atoms with Gasteiger partial charge in [-0.2, -0.15) is 0 Å². The number of ether oxygens (including phenoxy) is 1. The average molecular weight is 496 g/mol. The van der Waals surface area contributed by atoms with E-state index in [-0.39, 0.29) is 6.04 Å². The van der Waals surface area contributed by atoms with Crippen molar-refractivity contribution in [3.63, 3.8) is 0 Å². The number of hydrogen-bond acceptors (Lipinski definition) is 5. The van der Waals surface area contributed by atoms with Crippen LogP contribution in [0.3, 0.4) is 0 Å². The smallest absolute Gasteiger partial charge is 0.141 e. The topological polar surface area (TPSA) is 73.3 Å². The van der Waals surface area contributed by atoms with E-state index in [9.17, 15) is 5.11 Å². The van der Waals surface area contributed by atoms with Gasteiger partial charge in [0.15, 0.2) is 0 Å². The van der Waals surface area contributed by atoms with Crippen LogP contribution < -0.4 is 0 Å². The van der Waals surface area contributed by atoms with Gasteiger partial charge in [-0.15, -0.1) is 0 Å². The lowest BCUT2D eigenvalue weighted by Gasteiger charge is -2.33. The van der Waals surface area contributed by atoms with E-state index in [0.29, 0.717) is 5.92 Å².